The molecule has 0 spiro atoms. The second-order valence-corrected chi connectivity index (χ2v) is 4.49. The average molecular weight is 308 g/mol. The number of hydrogen-bond donors (Lipinski definition) is 1. The van der Waals surface area contributed by atoms with Gasteiger partial charge < -0.3 is 5.32 Å². The number of halogens is 2. The van der Waals surface area contributed by atoms with Gasteiger partial charge in [-0.1, -0.05) is 34.4 Å². The van der Waals surface area contributed by atoms with Crippen LogP contribution in [0.15, 0.2) is 41.6 Å². The van der Waals surface area contributed by atoms with Crippen LogP contribution in [0.1, 0.15) is 10.4 Å². The fourth-order valence-corrected chi connectivity index (χ4v) is 2.04. The predicted molar refractivity (Wildman–Crippen MR) is 77.5 cm³/mol. The lowest BCUT2D eigenvalue weighted by molar-refractivity contribution is 0.102. The van der Waals surface area contributed by atoms with E-state index >= 15 is 0 Å². The van der Waals surface area contributed by atoms with Gasteiger partial charge in [0.15, 0.2) is 0 Å². The molecule has 1 N–H and O–H groups in total. The van der Waals surface area contributed by atoms with E-state index in [0.717, 1.165) is 0 Å². The summed E-state index contributed by atoms with van der Waals surface area (Å²) in [5.41, 5.74) is 8.63. The van der Waals surface area contributed by atoms with E-state index in [1.807, 2.05) is 0 Å². The molecule has 0 aliphatic rings. The number of anilines is 1. The van der Waals surface area contributed by atoms with Crippen LogP contribution >= 0.6 is 23.2 Å². The number of carbonyl (C=O) groups is 1. The summed E-state index contributed by atoms with van der Waals surface area (Å²) in [6, 6.07) is 7.83. The molecule has 0 saturated carbocycles. The molecule has 8 heteroatoms. The lowest BCUT2D eigenvalue weighted by Crippen LogP contribution is -2.13. The van der Waals surface area contributed by atoms with Gasteiger partial charge in [-0.15, -0.1) is 0 Å². The molecule has 2 rings (SSSR count). The van der Waals surface area contributed by atoms with Crippen molar-refractivity contribution in [3.05, 3.63) is 62.6 Å². The quantitative estimate of drug-likeness (QED) is 0.510. The van der Waals surface area contributed by atoms with Crippen LogP contribution < -0.4 is 5.32 Å². The highest BCUT2D eigenvalue weighted by Crippen LogP contribution is 2.33. The lowest BCUT2D eigenvalue weighted by Gasteiger charge is -2.08. The summed E-state index contributed by atoms with van der Waals surface area (Å²) < 4.78 is 0. The Labute approximate surface area is 124 Å². The molecule has 6 nitrogen and oxygen atoms in total. The fourth-order valence-electron chi connectivity index (χ4n) is 1.51. The van der Waals surface area contributed by atoms with Crippen molar-refractivity contribution in [1.29, 1.82) is 0 Å². The van der Waals surface area contributed by atoms with Crippen LogP contribution in [-0.2, 0) is 0 Å². The smallest absolute Gasteiger partial charge is 0.257 e. The molecular weight excluding hydrogens is 301 g/mol. The molecule has 1 amide bonds. The molecule has 0 radical (unpaired) electrons. The monoisotopic (exact) mass is 307 g/mol. The van der Waals surface area contributed by atoms with Crippen molar-refractivity contribution in [1.82, 2.24) is 4.98 Å². The van der Waals surface area contributed by atoms with Crippen molar-refractivity contribution in [2.75, 3.05) is 5.32 Å². The molecule has 0 atom stereocenters. The van der Waals surface area contributed by atoms with Crippen molar-refractivity contribution in [3.8, 4) is 0 Å². The van der Waals surface area contributed by atoms with Crippen molar-refractivity contribution in [3.63, 3.8) is 0 Å². The minimum atomic E-state index is -0.518. The minimum Gasteiger partial charge on any atom is -0.307 e. The highest BCUT2D eigenvalue weighted by molar-refractivity contribution is 6.37. The average Bonchev–Trinajstić information content (AvgIpc) is 2.42. The number of nitrogens with one attached hydrogen (secondary N) is 1. The molecule has 1 aromatic heterocycles. The largest absolute Gasteiger partial charge is 0.307 e. The van der Waals surface area contributed by atoms with Crippen molar-refractivity contribution in [2.45, 2.75) is 0 Å². The zero-order valence-corrected chi connectivity index (χ0v) is 11.4. The van der Waals surface area contributed by atoms with E-state index in [-0.39, 0.29) is 21.3 Å². The molecule has 0 aliphatic heterocycles. The Morgan fingerprint density at radius 1 is 1.35 bits per heavy atom. The Balaban J connectivity index is 2.41. The Morgan fingerprint density at radius 3 is 2.80 bits per heavy atom. The number of nitrogens with zero attached hydrogens (tertiary/aromatic N) is 4. The van der Waals surface area contributed by atoms with Crippen LogP contribution in [-0.4, -0.2) is 10.9 Å². The number of amides is 1. The number of aromatic nitrogens is 1. The second kappa shape index (κ2) is 6.25. The highest BCUT2D eigenvalue weighted by Gasteiger charge is 2.15. The minimum absolute atomic E-state index is 0.0204. The van der Waals surface area contributed by atoms with Gasteiger partial charge >= 0.3 is 0 Å². The first kappa shape index (κ1) is 14.1. The molecule has 0 saturated heterocycles. The zero-order chi connectivity index (χ0) is 14.5. The Kier molecular flexibility index (Phi) is 4.42. The first-order chi connectivity index (χ1) is 9.61. The van der Waals surface area contributed by atoms with Crippen molar-refractivity contribution in [2.24, 2.45) is 5.11 Å². The highest BCUT2D eigenvalue weighted by atomic mass is 35.5. The summed E-state index contributed by atoms with van der Waals surface area (Å²) in [7, 11) is 0. The van der Waals surface area contributed by atoms with Crippen molar-refractivity contribution < 1.29 is 4.79 Å². The zero-order valence-electron chi connectivity index (χ0n) is 9.92. The van der Waals surface area contributed by atoms with E-state index in [1.165, 1.54) is 18.3 Å². The Hall–Kier alpha value is -2.27. The number of carbonyl (C=O) groups excluding carboxylic acids is 1. The number of benzene rings is 1. The summed E-state index contributed by atoms with van der Waals surface area (Å²) in [5, 5.41) is 6.34. The molecule has 1 aromatic carbocycles. The molecule has 0 aliphatic carbocycles. The van der Waals surface area contributed by atoms with Gasteiger partial charge in [-0.25, -0.2) is 4.98 Å². The van der Waals surface area contributed by atoms with E-state index < -0.39 is 5.91 Å². The topological polar surface area (TPSA) is 90.8 Å². The van der Waals surface area contributed by atoms with Crippen LogP contribution in [0.5, 0.6) is 0 Å². The molecule has 2 aromatic rings. The number of pyridine rings is 1. The molecule has 20 heavy (non-hydrogen) atoms. The maximum atomic E-state index is 12.2. The summed E-state index contributed by atoms with van der Waals surface area (Å²) in [6.07, 6.45) is 1.54. The second-order valence-electron chi connectivity index (χ2n) is 3.64. The molecule has 0 unspecified atom stereocenters. The van der Waals surface area contributed by atoms with E-state index in [0.29, 0.717) is 5.82 Å². The number of azide groups is 1. The van der Waals surface area contributed by atoms with Crippen LogP contribution in [0, 0.1) is 0 Å². The lowest BCUT2D eigenvalue weighted by atomic mass is 10.1. The van der Waals surface area contributed by atoms with Crippen LogP contribution in [0.25, 0.3) is 10.4 Å². The number of rotatable bonds is 3. The maximum Gasteiger partial charge on any atom is 0.257 e. The van der Waals surface area contributed by atoms with Gasteiger partial charge in [-0.3, -0.25) is 4.79 Å². The molecule has 100 valence electrons. The molecular formula is C12H7Cl2N5O. The van der Waals surface area contributed by atoms with Gasteiger partial charge in [0, 0.05) is 16.1 Å². The fraction of sp³-hybridized carbons (Fsp3) is 0. The summed E-state index contributed by atoms with van der Waals surface area (Å²) >= 11 is 11.8. The van der Waals surface area contributed by atoms with Crippen LogP contribution in [0.4, 0.5) is 11.5 Å². The third-order valence-electron chi connectivity index (χ3n) is 2.32. The Morgan fingerprint density at radius 2 is 2.15 bits per heavy atom. The number of hydrogen-bond acceptors (Lipinski definition) is 3. The SMILES string of the molecule is [N-]=[N+]=Nc1c(Cl)cc(Cl)cc1C(=O)Nc1ccccn1. The van der Waals surface area contributed by atoms with Gasteiger partial charge in [-0.2, -0.15) is 0 Å². The van der Waals surface area contributed by atoms with E-state index in [9.17, 15) is 4.79 Å². The van der Waals surface area contributed by atoms with Gasteiger partial charge in [0.25, 0.3) is 5.91 Å². The van der Waals surface area contributed by atoms with Gasteiger partial charge in [0.05, 0.1) is 16.3 Å². The standard InChI is InChI=1S/C12H7Cl2N5O/c13-7-5-8(11(18-19-15)9(14)6-7)12(20)17-10-3-1-2-4-16-10/h1-6H,(H,16,17,20). The molecule has 0 bridgehead atoms. The summed E-state index contributed by atoms with van der Waals surface area (Å²) in [5.74, 6) is -0.156. The third kappa shape index (κ3) is 3.19. The van der Waals surface area contributed by atoms with E-state index in [1.54, 1.807) is 18.2 Å². The molecule has 0 fully saturated rings. The Bertz CT molecular complexity index is 698. The summed E-state index contributed by atoms with van der Waals surface area (Å²) in [6.45, 7) is 0. The van der Waals surface area contributed by atoms with Gasteiger partial charge in [0.2, 0.25) is 0 Å². The van der Waals surface area contributed by atoms with Crippen LogP contribution in [0.3, 0.4) is 0 Å². The maximum absolute atomic E-state index is 12.2. The third-order valence-corrected chi connectivity index (χ3v) is 2.83. The first-order valence-corrected chi connectivity index (χ1v) is 6.14. The van der Waals surface area contributed by atoms with Crippen LogP contribution in [0.2, 0.25) is 10.0 Å². The van der Waals surface area contributed by atoms with E-state index in [4.69, 9.17) is 28.7 Å². The van der Waals surface area contributed by atoms with E-state index in [2.05, 4.69) is 20.3 Å². The van der Waals surface area contributed by atoms with Gasteiger partial charge in [0.1, 0.15) is 5.82 Å². The molecule has 1 heterocycles. The normalized spacial score (nSPS) is 9.70. The van der Waals surface area contributed by atoms with Crippen molar-refractivity contribution >= 4 is 40.6 Å². The summed E-state index contributed by atoms with van der Waals surface area (Å²) in [4.78, 5) is 18.8. The predicted octanol–water partition coefficient (Wildman–Crippen LogP) is 4.58. The first-order valence-electron chi connectivity index (χ1n) is 5.38. The van der Waals surface area contributed by atoms with Gasteiger partial charge in [-0.05, 0) is 29.8 Å².